The molecule has 4 N–H and O–H groups in total. The van der Waals surface area contributed by atoms with Gasteiger partial charge in [-0.05, 0) is 30.5 Å². The Kier molecular flexibility index (Phi) is 4.68. The maximum Gasteiger partial charge on any atom is 0.220 e. The first-order valence-electron chi connectivity index (χ1n) is 8.75. The third kappa shape index (κ3) is 3.18. The van der Waals surface area contributed by atoms with E-state index in [1.165, 1.54) is 11.3 Å². The van der Waals surface area contributed by atoms with E-state index in [1.807, 2.05) is 12.1 Å². The van der Waals surface area contributed by atoms with Crippen molar-refractivity contribution < 1.29 is 14.2 Å². The van der Waals surface area contributed by atoms with Gasteiger partial charge in [0.1, 0.15) is 0 Å². The van der Waals surface area contributed by atoms with Crippen LogP contribution in [0, 0.1) is 0 Å². The van der Waals surface area contributed by atoms with Crippen LogP contribution in [0.4, 0.5) is 11.1 Å². The van der Waals surface area contributed by atoms with Crippen molar-refractivity contribution in [3.8, 4) is 38.9 Å². The van der Waals surface area contributed by atoms with Crippen molar-refractivity contribution in [2.24, 2.45) is 0 Å². The lowest BCUT2D eigenvalue weighted by molar-refractivity contribution is 0.324. The molecule has 1 aliphatic carbocycles. The molecule has 0 spiro atoms. The summed E-state index contributed by atoms with van der Waals surface area (Å²) in [5.41, 5.74) is 15.2. The molecule has 2 aromatic heterocycles. The van der Waals surface area contributed by atoms with Crippen LogP contribution < -0.4 is 25.7 Å². The second-order valence-electron chi connectivity index (χ2n) is 6.45. The molecule has 0 aliphatic heterocycles. The fourth-order valence-corrected chi connectivity index (χ4v) is 4.09. The lowest BCUT2D eigenvalue weighted by Crippen LogP contribution is -2.00. The summed E-state index contributed by atoms with van der Waals surface area (Å²) < 4.78 is 16.4. The molecule has 0 atom stereocenters. The van der Waals surface area contributed by atoms with Gasteiger partial charge < -0.3 is 25.7 Å². The zero-order valence-electron chi connectivity index (χ0n) is 15.9. The first kappa shape index (κ1) is 18.3. The van der Waals surface area contributed by atoms with Crippen LogP contribution >= 0.6 is 11.3 Å². The third-order valence-electron chi connectivity index (χ3n) is 4.63. The van der Waals surface area contributed by atoms with Crippen molar-refractivity contribution in [2.75, 3.05) is 32.8 Å². The normalized spacial score (nSPS) is 13.4. The SMILES string of the molecule is COc1cc(-c2cnc(N)nc2-c2sc(N)nc2C2CC2)cc(OC)c1OC. The number of methoxy groups -OCH3 is 3. The van der Waals surface area contributed by atoms with Crippen molar-refractivity contribution in [3.05, 3.63) is 24.0 Å². The van der Waals surface area contributed by atoms with Crippen molar-refractivity contribution in [2.45, 2.75) is 18.8 Å². The van der Waals surface area contributed by atoms with E-state index in [0.717, 1.165) is 34.5 Å². The largest absolute Gasteiger partial charge is 0.493 e. The summed E-state index contributed by atoms with van der Waals surface area (Å²) in [5.74, 6) is 2.23. The molecule has 0 amide bonds. The highest BCUT2D eigenvalue weighted by Gasteiger charge is 2.31. The number of aromatic nitrogens is 3. The Balaban J connectivity index is 1.93. The Bertz CT molecular complexity index is 1010. The zero-order valence-corrected chi connectivity index (χ0v) is 16.7. The molecular formula is C19H21N5O3S. The minimum atomic E-state index is 0.194. The molecule has 146 valence electrons. The predicted octanol–water partition coefficient (Wildman–Crippen LogP) is 3.33. The molecule has 1 fully saturated rings. The monoisotopic (exact) mass is 399 g/mol. The Morgan fingerprint density at radius 3 is 2.25 bits per heavy atom. The minimum absolute atomic E-state index is 0.194. The first-order valence-corrected chi connectivity index (χ1v) is 9.56. The van der Waals surface area contributed by atoms with Gasteiger partial charge in [0.15, 0.2) is 16.6 Å². The number of rotatable bonds is 6. The van der Waals surface area contributed by atoms with E-state index in [-0.39, 0.29) is 5.95 Å². The van der Waals surface area contributed by atoms with Crippen LogP contribution in [0.25, 0.3) is 21.7 Å². The van der Waals surface area contributed by atoms with Gasteiger partial charge in [0.05, 0.1) is 37.6 Å². The van der Waals surface area contributed by atoms with Gasteiger partial charge in [-0.25, -0.2) is 15.0 Å². The number of benzene rings is 1. The van der Waals surface area contributed by atoms with E-state index in [2.05, 4.69) is 15.0 Å². The van der Waals surface area contributed by atoms with Gasteiger partial charge in [0.25, 0.3) is 0 Å². The van der Waals surface area contributed by atoms with Crippen molar-refractivity contribution in [1.82, 2.24) is 15.0 Å². The second-order valence-corrected chi connectivity index (χ2v) is 7.48. The smallest absolute Gasteiger partial charge is 0.220 e. The molecule has 9 heteroatoms. The molecule has 1 saturated carbocycles. The number of anilines is 2. The summed E-state index contributed by atoms with van der Waals surface area (Å²) in [6, 6.07) is 3.72. The third-order valence-corrected chi connectivity index (χ3v) is 5.54. The average Bonchev–Trinajstić information content (AvgIpc) is 3.48. The molecule has 1 aliphatic rings. The van der Waals surface area contributed by atoms with Crippen LogP contribution in [0.5, 0.6) is 17.2 Å². The molecule has 28 heavy (non-hydrogen) atoms. The molecule has 3 aromatic rings. The topological polar surface area (TPSA) is 118 Å². The van der Waals surface area contributed by atoms with Crippen LogP contribution in [0.3, 0.4) is 0 Å². The fourth-order valence-electron chi connectivity index (χ4n) is 3.17. The van der Waals surface area contributed by atoms with Crippen molar-refractivity contribution in [1.29, 1.82) is 0 Å². The molecule has 0 unspecified atom stereocenters. The lowest BCUT2D eigenvalue weighted by Gasteiger charge is -2.15. The maximum absolute atomic E-state index is 6.01. The number of hydrogen-bond acceptors (Lipinski definition) is 9. The summed E-state index contributed by atoms with van der Waals surface area (Å²) in [6.45, 7) is 0. The molecule has 2 heterocycles. The summed E-state index contributed by atoms with van der Waals surface area (Å²) in [7, 11) is 4.73. The summed E-state index contributed by atoms with van der Waals surface area (Å²) in [4.78, 5) is 14.2. The summed E-state index contributed by atoms with van der Waals surface area (Å²) in [5, 5.41) is 0.518. The summed E-state index contributed by atoms with van der Waals surface area (Å²) in [6.07, 6.45) is 3.91. The Morgan fingerprint density at radius 1 is 1.00 bits per heavy atom. The van der Waals surface area contributed by atoms with E-state index in [0.29, 0.717) is 34.0 Å². The molecule has 1 aromatic carbocycles. The van der Waals surface area contributed by atoms with Crippen LogP contribution in [0.2, 0.25) is 0 Å². The van der Waals surface area contributed by atoms with E-state index >= 15 is 0 Å². The molecule has 4 rings (SSSR count). The minimum Gasteiger partial charge on any atom is -0.493 e. The van der Waals surface area contributed by atoms with E-state index in [4.69, 9.17) is 25.7 Å². The number of nitrogens with two attached hydrogens (primary N) is 2. The highest BCUT2D eigenvalue weighted by Crippen LogP contribution is 2.49. The van der Waals surface area contributed by atoms with Crippen LogP contribution in [0.1, 0.15) is 24.5 Å². The number of nitrogens with zero attached hydrogens (tertiary/aromatic N) is 3. The van der Waals surface area contributed by atoms with Crippen molar-refractivity contribution in [3.63, 3.8) is 0 Å². The Hall–Kier alpha value is -3.07. The van der Waals surface area contributed by atoms with Crippen molar-refractivity contribution >= 4 is 22.4 Å². The molecule has 0 saturated heterocycles. The highest BCUT2D eigenvalue weighted by molar-refractivity contribution is 7.18. The maximum atomic E-state index is 6.01. The molecule has 0 bridgehead atoms. The van der Waals surface area contributed by atoms with Gasteiger partial charge >= 0.3 is 0 Å². The van der Waals surface area contributed by atoms with E-state index < -0.39 is 0 Å². The van der Waals surface area contributed by atoms with Crippen LogP contribution in [0.15, 0.2) is 18.3 Å². The number of hydrogen-bond donors (Lipinski definition) is 2. The second kappa shape index (κ2) is 7.16. The quantitative estimate of drug-likeness (QED) is 0.648. The predicted molar refractivity (Wildman–Crippen MR) is 109 cm³/mol. The van der Waals surface area contributed by atoms with Gasteiger partial charge in [-0.15, -0.1) is 0 Å². The van der Waals surface area contributed by atoms with Gasteiger partial charge in [0, 0.05) is 17.7 Å². The average molecular weight is 399 g/mol. The van der Waals surface area contributed by atoms with Gasteiger partial charge in [-0.1, -0.05) is 11.3 Å². The highest BCUT2D eigenvalue weighted by atomic mass is 32.1. The molecular weight excluding hydrogens is 378 g/mol. The summed E-state index contributed by atoms with van der Waals surface area (Å²) >= 11 is 1.41. The number of ether oxygens (including phenoxy) is 3. The van der Waals surface area contributed by atoms with Gasteiger partial charge in [-0.3, -0.25) is 0 Å². The van der Waals surface area contributed by atoms with Gasteiger partial charge in [-0.2, -0.15) is 0 Å². The molecule has 0 radical (unpaired) electrons. The molecule has 8 nitrogen and oxygen atoms in total. The van der Waals surface area contributed by atoms with Crippen LogP contribution in [-0.2, 0) is 0 Å². The number of thiazole rings is 1. The van der Waals surface area contributed by atoms with Gasteiger partial charge in [0.2, 0.25) is 11.7 Å². The Morgan fingerprint density at radius 2 is 1.68 bits per heavy atom. The fraction of sp³-hybridized carbons (Fsp3) is 0.316. The lowest BCUT2D eigenvalue weighted by atomic mass is 10.0. The van der Waals surface area contributed by atoms with E-state index in [1.54, 1.807) is 27.5 Å². The Labute approximate surface area is 166 Å². The van der Waals surface area contributed by atoms with E-state index in [9.17, 15) is 0 Å². The zero-order chi connectivity index (χ0) is 19.8. The number of nitrogen functional groups attached to an aromatic ring is 2. The standard InChI is InChI=1S/C19H21N5O3S/c1-25-12-6-10(7-13(26-2)16(12)27-3)11-8-22-18(20)23-15(11)17-14(9-4-5-9)24-19(21)28-17/h6-9H,4-5H2,1-3H3,(H2,21,24)(H2,20,22,23). The van der Waals surface area contributed by atoms with Crippen LogP contribution in [-0.4, -0.2) is 36.3 Å². The first-order chi connectivity index (χ1) is 13.5.